The van der Waals surface area contributed by atoms with Crippen LogP contribution >= 0.6 is 23.2 Å². The molecule has 0 bridgehead atoms. The van der Waals surface area contributed by atoms with Crippen molar-refractivity contribution in [3.8, 4) is 5.75 Å². The zero-order chi connectivity index (χ0) is 23.3. The summed E-state index contributed by atoms with van der Waals surface area (Å²) in [7, 11) is 1.51. The number of carbonyl (C=O) groups is 2. The van der Waals surface area contributed by atoms with Gasteiger partial charge in [0, 0.05) is 19.2 Å². The second-order valence-corrected chi connectivity index (χ2v) is 8.20. The number of ether oxygens (including phenoxy) is 2. The normalized spacial score (nSPS) is 17.8. The molecule has 0 radical (unpaired) electrons. The van der Waals surface area contributed by atoms with E-state index in [1.54, 1.807) is 42.5 Å². The molecular formula is C24H25Cl2NO5. The summed E-state index contributed by atoms with van der Waals surface area (Å²) >= 11 is 12.3. The van der Waals surface area contributed by atoms with Crippen molar-refractivity contribution < 1.29 is 24.2 Å². The van der Waals surface area contributed by atoms with Gasteiger partial charge in [0.05, 0.1) is 34.9 Å². The zero-order valence-corrected chi connectivity index (χ0v) is 19.4. The average Bonchev–Trinajstić information content (AvgIpc) is 3.04. The van der Waals surface area contributed by atoms with Crippen molar-refractivity contribution in [3.63, 3.8) is 0 Å². The first-order chi connectivity index (χ1) is 15.4. The third-order valence-corrected chi connectivity index (χ3v) is 5.95. The van der Waals surface area contributed by atoms with Gasteiger partial charge in [0.25, 0.3) is 11.7 Å². The first-order valence-corrected chi connectivity index (χ1v) is 11.1. The summed E-state index contributed by atoms with van der Waals surface area (Å²) in [6.45, 7) is 3.01. The molecule has 32 heavy (non-hydrogen) atoms. The summed E-state index contributed by atoms with van der Waals surface area (Å²) in [5.74, 6) is -1.19. The van der Waals surface area contributed by atoms with Gasteiger partial charge in [0.2, 0.25) is 0 Å². The van der Waals surface area contributed by atoms with Gasteiger partial charge in [0.1, 0.15) is 11.5 Å². The number of hydrogen-bond donors (Lipinski definition) is 1. The third-order valence-electron chi connectivity index (χ3n) is 5.21. The van der Waals surface area contributed by atoms with E-state index in [0.717, 1.165) is 12.8 Å². The van der Waals surface area contributed by atoms with Crippen LogP contribution in [-0.2, 0) is 14.3 Å². The fourth-order valence-electron chi connectivity index (χ4n) is 3.55. The number of nitrogens with zero attached hydrogens (tertiary/aromatic N) is 1. The van der Waals surface area contributed by atoms with Crippen molar-refractivity contribution in [2.24, 2.45) is 0 Å². The Kier molecular flexibility index (Phi) is 8.18. The van der Waals surface area contributed by atoms with Gasteiger partial charge in [-0.2, -0.15) is 0 Å². The number of aliphatic hydroxyl groups is 1. The molecule has 1 unspecified atom stereocenters. The van der Waals surface area contributed by atoms with E-state index < -0.39 is 17.7 Å². The Morgan fingerprint density at radius 1 is 1.09 bits per heavy atom. The highest BCUT2D eigenvalue weighted by molar-refractivity contribution is 6.46. The Morgan fingerprint density at radius 3 is 2.56 bits per heavy atom. The monoisotopic (exact) mass is 477 g/mol. The molecule has 2 aromatic carbocycles. The molecule has 1 aliphatic heterocycles. The molecule has 1 saturated heterocycles. The fraction of sp³-hybridized carbons (Fsp3) is 0.333. The van der Waals surface area contributed by atoms with Gasteiger partial charge in [-0.05, 0) is 36.2 Å². The highest BCUT2D eigenvalue weighted by Gasteiger charge is 2.46. The summed E-state index contributed by atoms with van der Waals surface area (Å²) in [4.78, 5) is 27.2. The molecule has 1 heterocycles. The van der Waals surface area contributed by atoms with Crippen molar-refractivity contribution in [2.45, 2.75) is 25.8 Å². The van der Waals surface area contributed by atoms with Gasteiger partial charge in [-0.1, -0.05) is 54.7 Å². The van der Waals surface area contributed by atoms with Crippen LogP contribution in [0.3, 0.4) is 0 Å². The van der Waals surface area contributed by atoms with Crippen molar-refractivity contribution in [1.82, 2.24) is 4.90 Å². The van der Waals surface area contributed by atoms with E-state index >= 15 is 0 Å². The highest BCUT2D eigenvalue weighted by atomic mass is 35.5. The molecule has 1 atom stereocenters. The van der Waals surface area contributed by atoms with Crippen molar-refractivity contribution in [1.29, 1.82) is 0 Å². The lowest BCUT2D eigenvalue weighted by molar-refractivity contribution is -0.140. The number of hydrogen-bond acceptors (Lipinski definition) is 5. The van der Waals surface area contributed by atoms with Crippen LogP contribution in [0.5, 0.6) is 5.75 Å². The first kappa shape index (κ1) is 24.1. The van der Waals surface area contributed by atoms with Crippen molar-refractivity contribution in [3.05, 3.63) is 69.2 Å². The Bertz CT molecular complexity index is 1040. The van der Waals surface area contributed by atoms with Crippen LogP contribution in [0.4, 0.5) is 0 Å². The van der Waals surface area contributed by atoms with Crippen LogP contribution < -0.4 is 4.74 Å². The number of unbranched alkanes of at least 4 members (excludes halogenated alkanes) is 1. The van der Waals surface area contributed by atoms with E-state index in [-0.39, 0.29) is 29.5 Å². The molecule has 6 nitrogen and oxygen atoms in total. The van der Waals surface area contributed by atoms with Gasteiger partial charge in [-0.25, -0.2) is 0 Å². The van der Waals surface area contributed by atoms with Gasteiger partial charge in [-0.3, -0.25) is 9.59 Å². The first-order valence-electron chi connectivity index (χ1n) is 10.3. The molecule has 0 aromatic heterocycles. The van der Waals surface area contributed by atoms with Gasteiger partial charge in [0.15, 0.2) is 0 Å². The maximum absolute atomic E-state index is 13.0. The number of ketones is 1. The second-order valence-electron chi connectivity index (χ2n) is 7.39. The average molecular weight is 478 g/mol. The summed E-state index contributed by atoms with van der Waals surface area (Å²) in [5.41, 5.74) is 0.926. The van der Waals surface area contributed by atoms with E-state index in [1.165, 1.54) is 12.0 Å². The quantitative estimate of drug-likeness (QED) is 0.231. The van der Waals surface area contributed by atoms with E-state index in [9.17, 15) is 14.7 Å². The standard InChI is InChI=1S/C24H25Cl2NO5/c1-3-4-11-32-17-7-5-6-16(13-17)22(28)20-21(15-8-9-18(25)19(26)14-15)27(10-12-31-2)24(30)23(20)29/h5-9,13-14,21,28H,3-4,10-12H2,1-2H3. The largest absolute Gasteiger partial charge is 0.507 e. The lowest BCUT2D eigenvalue weighted by Gasteiger charge is -2.25. The molecule has 1 N–H and O–H groups in total. The van der Waals surface area contributed by atoms with Crippen LogP contribution in [0.1, 0.15) is 36.9 Å². The molecule has 8 heteroatoms. The summed E-state index contributed by atoms with van der Waals surface area (Å²) < 4.78 is 10.8. The predicted molar refractivity (Wildman–Crippen MR) is 124 cm³/mol. The third kappa shape index (κ3) is 5.09. The number of methoxy groups -OCH3 is 1. The van der Waals surface area contributed by atoms with Crippen LogP contribution in [0.2, 0.25) is 10.0 Å². The molecule has 0 saturated carbocycles. The molecule has 170 valence electrons. The molecular weight excluding hydrogens is 453 g/mol. The fourth-order valence-corrected chi connectivity index (χ4v) is 3.86. The molecule has 1 amide bonds. The molecule has 3 rings (SSSR count). The minimum atomic E-state index is -0.829. The van der Waals surface area contributed by atoms with Crippen LogP contribution in [0.15, 0.2) is 48.0 Å². The van der Waals surface area contributed by atoms with Crippen LogP contribution in [0.25, 0.3) is 5.76 Å². The molecule has 1 fully saturated rings. The van der Waals surface area contributed by atoms with Gasteiger partial charge >= 0.3 is 0 Å². The van der Waals surface area contributed by atoms with Gasteiger partial charge in [-0.15, -0.1) is 0 Å². The predicted octanol–water partition coefficient (Wildman–Crippen LogP) is 5.24. The van der Waals surface area contributed by atoms with E-state index in [0.29, 0.717) is 28.5 Å². The number of aliphatic hydroxyl groups excluding tert-OH is 1. The number of likely N-dealkylation sites (tertiary alicyclic amines) is 1. The Balaban J connectivity index is 2.09. The number of rotatable bonds is 9. The number of Topliss-reactive ketones (excluding diaryl/α,β-unsaturated/α-hetero) is 1. The van der Waals surface area contributed by atoms with Crippen LogP contribution in [0, 0.1) is 0 Å². The highest BCUT2D eigenvalue weighted by Crippen LogP contribution is 2.41. The van der Waals surface area contributed by atoms with Gasteiger partial charge < -0.3 is 19.5 Å². The number of halogens is 2. The summed E-state index contributed by atoms with van der Waals surface area (Å²) in [5, 5.41) is 11.8. The Hall–Kier alpha value is -2.54. The number of amides is 1. The van der Waals surface area contributed by atoms with Crippen molar-refractivity contribution >= 4 is 40.7 Å². The lowest BCUT2D eigenvalue weighted by Crippen LogP contribution is -2.32. The summed E-state index contributed by atoms with van der Waals surface area (Å²) in [6, 6.07) is 10.9. The minimum Gasteiger partial charge on any atom is -0.507 e. The minimum absolute atomic E-state index is 0.0183. The Morgan fingerprint density at radius 2 is 1.88 bits per heavy atom. The zero-order valence-electron chi connectivity index (χ0n) is 17.9. The molecule has 0 spiro atoms. The van der Waals surface area contributed by atoms with E-state index in [2.05, 4.69) is 6.92 Å². The summed E-state index contributed by atoms with van der Waals surface area (Å²) in [6.07, 6.45) is 1.90. The second kappa shape index (κ2) is 10.9. The molecule has 0 aliphatic carbocycles. The number of benzene rings is 2. The lowest BCUT2D eigenvalue weighted by atomic mass is 9.95. The number of carbonyl (C=O) groups excluding carboxylic acids is 2. The SMILES string of the molecule is CCCCOc1cccc(C(O)=C2C(=O)C(=O)N(CCOC)C2c2ccc(Cl)c(Cl)c2)c1. The molecule has 2 aromatic rings. The van der Waals surface area contributed by atoms with E-state index in [1.807, 2.05) is 0 Å². The topological polar surface area (TPSA) is 76.1 Å². The van der Waals surface area contributed by atoms with Crippen molar-refractivity contribution in [2.75, 3.05) is 26.9 Å². The van der Waals surface area contributed by atoms with E-state index in [4.69, 9.17) is 32.7 Å². The maximum Gasteiger partial charge on any atom is 0.295 e. The Labute approximate surface area is 197 Å². The smallest absolute Gasteiger partial charge is 0.295 e. The van der Waals surface area contributed by atoms with Crippen LogP contribution in [-0.4, -0.2) is 48.6 Å². The maximum atomic E-state index is 13.0. The molecule has 1 aliphatic rings.